The Morgan fingerprint density at radius 3 is 2.36 bits per heavy atom. The van der Waals surface area contributed by atoms with E-state index in [1.54, 1.807) is 34.1 Å². The van der Waals surface area contributed by atoms with Gasteiger partial charge in [0.2, 0.25) is 5.91 Å². The predicted molar refractivity (Wildman–Crippen MR) is 102 cm³/mol. The van der Waals surface area contributed by atoms with E-state index in [2.05, 4.69) is 0 Å². The van der Waals surface area contributed by atoms with Crippen LogP contribution in [-0.2, 0) is 4.79 Å². The summed E-state index contributed by atoms with van der Waals surface area (Å²) in [6.45, 7) is 2.15. The molecule has 2 heterocycles. The average molecular weight is 395 g/mol. The molecule has 1 aromatic heterocycles. The van der Waals surface area contributed by atoms with Crippen LogP contribution in [0.5, 0.6) is 0 Å². The number of hydrogen-bond donors (Lipinski definition) is 0. The van der Waals surface area contributed by atoms with Crippen LogP contribution in [0.1, 0.15) is 15.2 Å². The molecule has 0 atom stereocenters. The largest absolute Gasteiger partial charge is 0.336 e. The van der Waals surface area contributed by atoms with Gasteiger partial charge in [-0.1, -0.05) is 35.3 Å². The number of carbonyl (C=O) groups is 2. The summed E-state index contributed by atoms with van der Waals surface area (Å²) in [5.74, 6) is -0.0391. The first-order valence-electron chi connectivity index (χ1n) is 7.79. The maximum Gasteiger partial charge on any atom is 0.264 e. The molecule has 0 radical (unpaired) electrons. The highest BCUT2D eigenvalue weighted by molar-refractivity contribution is 7.12. The molecular weight excluding hydrogens is 379 g/mol. The number of amides is 2. The second-order valence-corrected chi connectivity index (χ2v) is 7.36. The van der Waals surface area contributed by atoms with Crippen molar-refractivity contribution in [2.75, 3.05) is 26.2 Å². The molecule has 0 saturated carbocycles. The van der Waals surface area contributed by atoms with Gasteiger partial charge in [-0.2, -0.15) is 0 Å². The van der Waals surface area contributed by atoms with Crippen LogP contribution >= 0.6 is 34.5 Å². The van der Waals surface area contributed by atoms with Crippen molar-refractivity contribution in [3.05, 3.63) is 62.3 Å². The van der Waals surface area contributed by atoms with E-state index in [0.717, 1.165) is 10.4 Å². The summed E-state index contributed by atoms with van der Waals surface area (Å²) < 4.78 is 0. The summed E-state index contributed by atoms with van der Waals surface area (Å²) >= 11 is 13.3. The summed E-state index contributed by atoms with van der Waals surface area (Å²) in [6, 6.07) is 8.90. The van der Waals surface area contributed by atoms with Crippen LogP contribution in [0.2, 0.25) is 10.0 Å². The van der Waals surface area contributed by atoms with Gasteiger partial charge in [0, 0.05) is 32.3 Å². The van der Waals surface area contributed by atoms with Gasteiger partial charge in [-0.15, -0.1) is 11.3 Å². The van der Waals surface area contributed by atoms with E-state index in [1.165, 1.54) is 17.4 Å². The Morgan fingerprint density at radius 1 is 1.00 bits per heavy atom. The molecule has 3 rings (SSSR count). The Bertz CT molecular complexity index is 797. The van der Waals surface area contributed by atoms with Crippen LogP contribution in [0.3, 0.4) is 0 Å². The molecule has 7 heteroatoms. The number of piperazine rings is 1. The molecule has 0 aliphatic carbocycles. The van der Waals surface area contributed by atoms with Crippen molar-refractivity contribution in [3.8, 4) is 0 Å². The van der Waals surface area contributed by atoms with Gasteiger partial charge in [0.1, 0.15) is 0 Å². The Kier molecular flexibility index (Phi) is 5.78. The van der Waals surface area contributed by atoms with Crippen LogP contribution < -0.4 is 0 Å². The van der Waals surface area contributed by atoms with E-state index in [1.807, 2.05) is 17.5 Å². The highest BCUT2D eigenvalue weighted by Crippen LogP contribution is 2.23. The van der Waals surface area contributed by atoms with Crippen molar-refractivity contribution in [1.82, 2.24) is 9.80 Å². The lowest BCUT2D eigenvalue weighted by Gasteiger charge is -2.34. The van der Waals surface area contributed by atoms with Gasteiger partial charge in [0.25, 0.3) is 5.91 Å². The monoisotopic (exact) mass is 394 g/mol. The molecule has 1 aliphatic heterocycles. The third-order valence-corrected chi connectivity index (χ3v) is 5.57. The fourth-order valence-electron chi connectivity index (χ4n) is 2.57. The van der Waals surface area contributed by atoms with Gasteiger partial charge in [0.15, 0.2) is 0 Å². The van der Waals surface area contributed by atoms with Gasteiger partial charge in [-0.25, -0.2) is 0 Å². The first-order valence-corrected chi connectivity index (χ1v) is 9.43. The number of nitrogens with zero attached hydrogens (tertiary/aromatic N) is 2. The lowest BCUT2D eigenvalue weighted by molar-refractivity contribution is -0.127. The first-order chi connectivity index (χ1) is 12.0. The van der Waals surface area contributed by atoms with E-state index in [4.69, 9.17) is 23.2 Å². The van der Waals surface area contributed by atoms with Gasteiger partial charge in [-0.05, 0) is 35.2 Å². The minimum atomic E-state index is -0.0747. The third kappa shape index (κ3) is 4.42. The lowest BCUT2D eigenvalue weighted by Crippen LogP contribution is -2.50. The molecule has 0 bridgehead atoms. The zero-order valence-electron chi connectivity index (χ0n) is 13.3. The molecule has 25 heavy (non-hydrogen) atoms. The standard InChI is InChI=1S/C18H16Cl2N2O2S/c19-14-5-3-13(12-15(14)20)4-6-17(23)21-7-9-22(10-8-21)18(24)16-2-1-11-25-16/h1-6,11-12H,7-10H2/b6-4+. The van der Waals surface area contributed by atoms with E-state index in [9.17, 15) is 9.59 Å². The van der Waals surface area contributed by atoms with Crippen LogP contribution in [-0.4, -0.2) is 47.8 Å². The molecule has 130 valence electrons. The number of hydrogen-bond acceptors (Lipinski definition) is 3. The first kappa shape index (κ1) is 18.0. The topological polar surface area (TPSA) is 40.6 Å². The molecule has 1 aromatic carbocycles. The fraction of sp³-hybridized carbons (Fsp3) is 0.222. The quantitative estimate of drug-likeness (QED) is 0.736. The van der Waals surface area contributed by atoms with E-state index in [0.29, 0.717) is 36.2 Å². The summed E-state index contributed by atoms with van der Waals surface area (Å²) in [5, 5.41) is 2.83. The minimum Gasteiger partial charge on any atom is -0.336 e. The van der Waals surface area contributed by atoms with Crippen LogP contribution in [0.25, 0.3) is 6.08 Å². The molecule has 1 aliphatic rings. The number of carbonyl (C=O) groups excluding carboxylic acids is 2. The number of rotatable bonds is 3. The van der Waals surface area contributed by atoms with Crippen LogP contribution in [0.15, 0.2) is 41.8 Å². The van der Waals surface area contributed by atoms with Gasteiger partial charge in [0.05, 0.1) is 14.9 Å². The summed E-state index contributed by atoms with van der Waals surface area (Å²) in [4.78, 5) is 28.9. The van der Waals surface area contributed by atoms with E-state index >= 15 is 0 Å². The molecule has 0 unspecified atom stereocenters. The van der Waals surface area contributed by atoms with E-state index in [-0.39, 0.29) is 11.8 Å². The molecule has 1 saturated heterocycles. The summed E-state index contributed by atoms with van der Waals surface area (Å²) in [7, 11) is 0. The van der Waals surface area contributed by atoms with Crippen molar-refractivity contribution in [2.24, 2.45) is 0 Å². The zero-order valence-corrected chi connectivity index (χ0v) is 15.7. The summed E-state index contributed by atoms with van der Waals surface area (Å²) in [6.07, 6.45) is 3.24. The summed E-state index contributed by atoms with van der Waals surface area (Å²) in [5.41, 5.74) is 0.814. The Morgan fingerprint density at radius 2 is 1.72 bits per heavy atom. The van der Waals surface area contributed by atoms with Crippen molar-refractivity contribution < 1.29 is 9.59 Å². The van der Waals surface area contributed by atoms with Gasteiger partial charge >= 0.3 is 0 Å². The van der Waals surface area contributed by atoms with Crippen molar-refractivity contribution in [3.63, 3.8) is 0 Å². The molecule has 2 amide bonds. The molecule has 2 aromatic rings. The third-order valence-electron chi connectivity index (χ3n) is 3.97. The lowest BCUT2D eigenvalue weighted by atomic mass is 10.2. The minimum absolute atomic E-state index is 0.0356. The fourth-order valence-corrected chi connectivity index (χ4v) is 3.57. The molecule has 1 fully saturated rings. The maximum atomic E-state index is 12.3. The number of halogens is 2. The highest BCUT2D eigenvalue weighted by Gasteiger charge is 2.24. The smallest absolute Gasteiger partial charge is 0.264 e. The van der Waals surface area contributed by atoms with Crippen molar-refractivity contribution >= 4 is 52.4 Å². The predicted octanol–water partition coefficient (Wildman–Crippen LogP) is 4.05. The normalized spacial score (nSPS) is 15.0. The second kappa shape index (κ2) is 8.04. The van der Waals surface area contributed by atoms with Gasteiger partial charge in [-0.3, -0.25) is 9.59 Å². The second-order valence-electron chi connectivity index (χ2n) is 5.60. The Balaban J connectivity index is 1.55. The zero-order chi connectivity index (χ0) is 17.8. The molecule has 0 spiro atoms. The Labute approximate surface area is 160 Å². The number of thiophene rings is 1. The molecule has 4 nitrogen and oxygen atoms in total. The van der Waals surface area contributed by atoms with Crippen LogP contribution in [0.4, 0.5) is 0 Å². The van der Waals surface area contributed by atoms with E-state index < -0.39 is 0 Å². The Hall–Kier alpha value is -1.82. The molecule has 0 N–H and O–H groups in total. The van der Waals surface area contributed by atoms with Crippen LogP contribution in [0, 0.1) is 0 Å². The maximum absolute atomic E-state index is 12.3. The SMILES string of the molecule is O=C(/C=C/c1ccc(Cl)c(Cl)c1)N1CCN(C(=O)c2cccs2)CC1. The number of benzene rings is 1. The van der Waals surface area contributed by atoms with Crippen molar-refractivity contribution in [1.29, 1.82) is 0 Å². The molecular formula is C18H16Cl2N2O2S. The van der Waals surface area contributed by atoms with Gasteiger partial charge < -0.3 is 9.80 Å². The average Bonchev–Trinajstić information content (AvgIpc) is 3.16. The highest BCUT2D eigenvalue weighted by atomic mass is 35.5. The van der Waals surface area contributed by atoms with Crippen molar-refractivity contribution in [2.45, 2.75) is 0 Å².